The molecule has 1 heterocycles. The second-order valence-corrected chi connectivity index (χ2v) is 6.99. The Morgan fingerprint density at radius 1 is 1.07 bits per heavy atom. The summed E-state index contributed by atoms with van der Waals surface area (Å²) in [4.78, 5) is 17.0. The maximum Gasteiger partial charge on any atom is 0.340 e. The zero-order chi connectivity index (χ0) is 21.1. The summed E-state index contributed by atoms with van der Waals surface area (Å²) in [6.07, 6.45) is 0.753. The van der Waals surface area contributed by atoms with Crippen molar-refractivity contribution in [3.05, 3.63) is 89.2 Å². The molecular weight excluding hydrogens is 374 g/mol. The molecule has 0 aliphatic carbocycles. The van der Waals surface area contributed by atoms with Crippen molar-refractivity contribution in [1.82, 2.24) is 9.55 Å². The molecule has 0 radical (unpaired) electrons. The molecule has 0 atom stereocenters. The minimum atomic E-state index is -0.368. The first-order valence-corrected chi connectivity index (χ1v) is 9.81. The number of aryl methyl sites for hydroxylation is 1. The number of methoxy groups -OCH3 is 1. The number of hydrogen-bond donors (Lipinski definition) is 0. The maximum atomic E-state index is 12.3. The molecule has 0 fully saturated rings. The molecule has 0 saturated carbocycles. The normalized spacial score (nSPS) is 10.7. The van der Waals surface area contributed by atoms with Crippen LogP contribution in [-0.2, 0) is 17.7 Å². The summed E-state index contributed by atoms with van der Waals surface area (Å²) < 4.78 is 7.06. The van der Waals surface area contributed by atoms with Gasteiger partial charge in [-0.15, -0.1) is 0 Å². The van der Waals surface area contributed by atoms with Crippen LogP contribution in [0.25, 0.3) is 22.2 Å². The number of carbonyl (C=O) groups is 1. The highest BCUT2D eigenvalue weighted by atomic mass is 16.5. The van der Waals surface area contributed by atoms with Crippen LogP contribution in [-0.4, -0.2) is 22.6 Å². The van der Waals surface area contributed by atoms with Crippen molar-refractivity contribution in [1.29, 1.82) is 5.26 Å². The van der Waals surface area contributed by atoms with Crippen LogP contribution in [0.15, 0.2) is 66.7 Å². The van der Waals surface area contributed by atoms with Crippen LogP contribution in [0.4, 0.5) is 0 Å². The Bertz CT molecular complexity index is 1260. The molecule has 1 aromatic heterocycles. The molecule has 5 heteroatoms. The van der Waals surface area contributed by atoms with Crippen LogP contribution in [0, 0.1) is 11.3 Å². The highest BCUT2D eigenvalue weighted by molar-refractivity contribution is 6.02. The summed E-state index contributed by atoms with van der Waals surface area (Å²) in [5.41, 5.74) is 5.75. The molecule has 0 unspecified atom stereocenters. The number of hydrogen-bond acceptors (Lipinski definition) is 4. The number of esters is 1. The number of ether oxygens (including phenoxy) is 1. The largest absolute Gasteiger partial charge is 0.465 e. The minimum absolute atomic E-state index is 0.368. The number of nitrogens with zero attached hydrogens (tertiary/aromatic N) is 3. The summed E-state index contributed by atoms with van der Waals surface area (Å²) in [6.45, 7) is 2.64. The highest BCUT2D eigenvalue weighted by Crippen LogP contribution is 2.26. The Kier molecular flexibility index (Phi) is 5.32. The minimum Gasteiger partial charge on any atom is -0.465 e. The fourth-order valence-corrected chi connectivity index (χ4v) is 3.75. The first-order valence-electron chi connectivity index (χ1n) is 9.81. The smallest absolute Gasteiger partial charge is 0.340 e. The molecule has 0 amide bonds. The van der Waals surface area contributed by atoms with E-state index in [2.05, 4.69) is 29.7 Å². The molecule has 0 spiro atoms. The molecular formula is C25H21N3O2. The highest BCUT2D eigenvalue weighted by Gasteiger charge is 2.18. The van der Waals surface area contributed by atoms with Gasteiger partial charge >= 0.3 is 5.97 Å². The summed E-state index contributed by atoms with van der Waals surface area (Å²) >= 11 is 0. The molecule has 148 valence electrons. The molecule has 0 aliphatic heterocycles. The molecule has 4 rings (SSSR count). The topological polar surface area (TPSA) is 67.9 Å². The van der Waals surface area contributed by atoms with E-state index in [-0.39, 0.29) is 5.97 Å². The maximum absolute atomic E-state index is 12.3. The van der Waals surface area contributed by atoms with Crippen molar-refractivity contribution < 1.29 is 9.53 Å². The lowest BCUT2D eigenvalue weighted by Gasteiger charge is -2.12. The number of aromatic nitrogens is 2. The molecule has 4 aromatic rings. The lowest BCUT2D eigenvalue weighted by Crippen LogP contribution is -2.09. The molecule has 0 bridgehead atoms. The van der Waals surface area contributed by atoms with Crippen LogP contribution < -0.4 is 0 Å². The molecule has 0 aliphatic rings. The van der Waals surface area contributed by atoms with Gasteiger partial charge in [0, 0.05) is 13.0 Å². The number of para-hydroxylation sites is 1. The van der Waals surface area contributed by atoms with E-state index in [1.165, 1.54) is 7.11 Å². The van der Waals surface area contributed by atoms with Gasteiger partial charge in [0.15, 0.2) is 0 Å². The average Bonchev–Trinajstić information content (AvgIpc) is 3.16. The first-order chi connectivity index (χ1) is 14.7. The van der Waals surface area contributed by atoms with Crippen molar-refractivity contribution in [2.75, 3.05) is 7.11 Å². The van der Waals surface area contributed by atoms with E-state index in [1.54, 1.807) is 6.07 Å². The fourth-order valence-electron chi connectivity index (χ4n) is 3.75. The van der Waals surface area contributed by atoms with Crippen LogP contribution >= 0.6 is 0 Å². The van der Waals surface area contributed by atoms with Crippen LogP contribution in [0.2, 0.25) is 0 Å². The SMILES string of the molecule is CCc1nc2cccc(C(=O)OC)c2n1Cc1ccc(-c2ccccc2C#N)cc1. The predicted octanol–water partition coefficient (Wildman–Crippen LogP) is 4.97. The quantitative estimate of drug-likeness (QED) is 0.447. The van der Waals surface area contributed by atoms with Crippen molar-refractivity contribution in [3.63, 3.8) is 0 Å². The van der Waals surface area contributed by atoms with Gasteiger partial charge in [-0.05, 0) is 34.9 Å². The second-order valence-electron chi connectivity index (χ2n) is 6.99. The van der Waals surface area contributed by atoms with Crippen LogP contribution in [0.3, 0.4) is 0 Å². The van der Waals surface area contributed by atoms with Gasteiger partial charge in [-0.1, -0.05) is 55.5 Å². The van der Waals surface area contributed by atoms with Gasteiger partial charge in [-0.3, -0.25) is 0 Å². The Labute approximate surface area is 175 Å². The standard InChI is InChI=1S/C25H21N3O2/c1-3-23-27-22-10-6-9-21(25(29)30-2)24(22)28(23)16-17-11-13-18(14-12-17)20-8-5-4-7-19(20)15-26/h4-14H,3,16H2,1-2H3. The van der Waals surface area contributed by atoms with Gasteiger partial charge in [0.25, 0.3) is 0 Å². The number of benzene rings is 3. The van der Waals surface area contributed by atoms with E-state index in [0.717, 1.165) is 40.0 Å². The molecule has 3 aromatic carbocycles. The number of carbonyl (C=O) groups excluding carboxylic acids is 1. The average molecular weight is 395 g/mol. The molecule has 0 N–H and O–H groups in total. The van der Waals surface area contributed by atoms with Crippen molar-refractivity contribution in [2.24, 2.45) is 0 Å². The Hall–Kier alpha value is -3.91. The summed E-state index contributed by atoms with van der Waals surface area (Å²) in [5.74, 6) is 0.549. The Morgan fingerprint density at radius 2 is 1.83 bits per heavy atom. The van der Waals surface area contributed by atoms with Gasteiger partial charge in [-0.25, -0.2) is 9.78 Å². The van der Waals surface area contributed by atoms with E-state index in [0.29, 0.717) is 17.7 Å². The number of rotatable bonds is 5. The Morgan fingerprint density at radius 3 is 2.53 bits per heavy atom. The Balaban J connectivity index is 1.74. The number of fused-ring (bicyclic) bond motifs is 1. The monoisotopic (exact) mass is 395 g/mol. The van der Waals surface area contributed by atoms with Gasteiger partial charge in [0.1, 0.15) is 5.82 Å². The van der Waals surface area contributed by atoms with Crippen LogP contribution in [0.5, 0.6) is 0 Å². The van der Waals surface area contributed by atoms with Crippen molar-refractivity contribution >= 4 is 17.0 Å². The van der Waals surface area contributed by atoms with E-state index in [9.17, 15) is 10.1 Å². The molecule has 5 nitrogen and oxygen atoms in total. The predicted molar refractivity (Wildman–Crippen MR) is 116 cm³/mol. The van der Waals surface area contributed by atoms with Crippen molar-refractivity contribution in [2.45, 2.75) is 19.9 Å². The van der Waals surface area contributed by atoms with Gasteiger partial charge in [-0.2, -0.15) is 5.26 Å². The molecule has 30 heavy (non-hydrogen) atoms. The summed E-state index contributed by atoms with van der Waals surface area (Å²) in [7, 11) is 1.39. The number of imidazole rings is 1. The van der Waals surface area contributed by atoms with E-state index in [4.69, 9.17) is 9.72 Å². The third-order valence-electron chi connectivity index (χ3n) is 5.22. The lowest BCUT2D eigenvalue weighted by atomic mass is 9.99. The summed E-state index contributed by atoms with van der Waals surface area (Å²) in [6, 6.07) is 23.5. The van der Waals surface area contributed by atoms with Gasteiger partial charge in [0.05, 0.1) is 35.3 Å². The van der Waals surface area contributed by atoms with Gasteiger partial charge < -0.3 is 9.30 Å². The molecule has 0 saturated heterocycles. The first kappa shape index (κ1) is 19.4. The van der Waals surface area contributed by atoms with E-state index >= 15 is 0 Å². The van der Waals surface area contributed by atoms with Gasteiger partial charge in [0.2, 0.25) is 0 Å². The lowest BCUT2D eigenvalue weighted by molar-refractivity contribution is 0.0602. The van der Waals surface area contributed by atoms with Crippen molar-refractivity contribution in [3.8, 4) is 17.2 Å². The summed E-state index contributed by atoms with van der Waals surface area (Å²) in [5, 5.41) is 9.36. The van der Waals surface area contributed by atoms with E-state index in [1.807, 2.05) is 48.5 Å². The fraction of sp³-hybridized carbons (Fsp3) is 0.160. The number of nitriles is 1. The van der Waals surface area contributed by atoms with E-state index < -0.39 is 0 Å². The zero-order valence-corrected chi connectivity index (χ0v) is 16.9. The third kappa shape index (κ3) is 3.44. The zero-order valence-electron chi connectivity index (χ0n) is 16.9. The third-order valence-corrected chi connectivity index (χ3v) is 5.22. The second kappa shape index (κ2) is 8.22. The van der Waals surface area contributed by atoms with Crippen LogP contribution in [0.1, 0.15) is 34.2 Å².